The minimum atomic E-state index is -1.59. The van der Waals surface area contributed by atoms with Crippen LogP contribution < -0.4 is 9.46 Å². The lowest BCUT2D eigenvalue weighted by Gasteiger charge is -2.07. The number of hydrogen-bond acceptors (Lipinski definition) is 4. The van der Waals surface area contributed by atoms with Crippen LogP contribution in [0, 0.1) is 0 Å². The third-order valence-corrected chi connectivity index (χ3v) is 5.64. The summed E-state index contributed by atoms with van der Waals surface area (Å²) < 4.78 is 21.7. The normalized spacial score (nSPS) is 15.9. The Morgan fingerprint density at radius 2 is 1.62 bits per heavy atom. The zero-order valence-electron chi connectivity index (χ0n) is 15.1. The monoisotopic (exact) mass is 401 g/mol. The highest BCUT2D eigenvalue weighted by Gasteiger charge is 2.23. The number of rotatable bonds is 4. The van der Waals surface area contributed by atoms with E-state index in [1.165, 1.54) is 10.8 Å². The van der Waals surface area contributed by atoms with Crippen molar-refractivity contribution >= 4 is 32.8 Å². The van der Waals surface area contributed by atoms with Crippen LogP contribution in [-0.2, 0) is 15.8 Å². The number of nitrogens with zero attached hydrogens (tertiary/aromatic N) is 2. The molecule has 0 fully saturated rings. The van der Waals surface area contributed by atoms with Crippen LogP contribution in [0.2, 0.25) is 0 Å². The maximum Gasteiger partial charge on any atom is 0.258 e. The molecule has 3 aromatic carbocycles. The number of benzene rings is 3. The van der Waals surface area contributed by atoms with Gasteiger partial charge in [0, 0.05) is 11.5 Å². The third-order valence-electron chi connectivity index (χ3n) is 4.58. The van der Waals surface area contributed by atoms with E-state index in [0.717, 1.165) is 33.5 Å². The van der Waals surface area contributed by atoms with E-state index in [9.17, 15) is 9.00 Å². The fourth-order valence-electron chi connectivity index (χ4n) is 3.21. The van der Waals surface area contributed by atoms with Crippen LogP contribution in [0.4, 0.5) is 0 Å². The molecule has 4 aromatic rings. The van der Waals surface area contributed by atoms with Crippen molar-refractivity contribution in [1.82, 2.24) is 14.5 Å². The maximum atomic E-state index is 12.0. The van der Waals surface area contributed by atoms with Crippen molar-refractivity contribution in [1.29, 1.82) is 0 Å². The molecule has 1 atom stereocenters. The van der Waals surface area contributed by atoms with Gasteiger partial charge in [-0.1, -0.05) is 36.4 Å². The molecule has 5 rings (SSSR count). The molecule has 0 spiro atoms. The Morgan fingerprint density at radius 1 is 0.897 bits per heavy atom. The molecule has 0 saturated heterocycles. The summed E-state index contributed by atoms with van der Waals surface area (Å²) in [6.45, 7) is 0. The minimum Gasteiger partial charge on any atom is -0.457 e. The van der Waals surface area contributed by atoms with E-state index >= 15 is 0 Å². The van der Waals surface area contributed by atoms with E-state index in [1.807, 2.05) is 72.8 Å². The highest BCUT2D eigenvalue weighted by molar-refractivity contribution is 7.93. The molecule has 1 amide bonds. The fraction of sp³-hybridized carbons (Fsp3) is 0. The van der Waals surface area contributed by atoms with Crippen molar-refractivity contribution in [3.05, 3.63) is 85.1 Å². The average molecular weight is 401 g/mol. The quantitative estimate of drug-likeness (QED) is 0.559. The number of carbonyl (C=O) groups is 1. The number of fused-ring (bicyclic) bond motifs is 1. The molecule has 1 aliphatic heterocycles. The van der Waals surface area contributed by atoms with Crippen molar-refractivity contribution in [2.75, 3.05) is 0 Å². The predicted octanol–water partition coefficient (Wildman–Crippen LogP) is 4.09. The topological polar surface area (TPSA) is 73.2 Å². The molecule has 0 bridgehead atoms. The summed E-state index contributed by atoms with van der Waals surface area (Å²) in [4.78, 5) is 11.4. The van der Waals surface area contributed by atoms with Crippen molar-refractivity contribution in [3.8, 4) is 22.6 Å². The van der Waals surface area contributed by atoms with E-state index in [4.69, 9.17) is 4.74 Å². The molecule has 1 unspecified atom stereocenters. The zero-order valence-corrected chi connectivity index (χ0v) is 15.9. The van der Waals surface area contributed by atoms with Gasteiger partial charge in [-0.05, 0) is 47.5 Å². The molecule has 1 aromatic heterocycles. The van der Waals surface area contributed by atoms with Gasteiger partial charge in [-0.2, -0.15) is 5.10 Å². The summed E-state index contributed by atoms with van der Waals surface area (Å²) >= 11 is 0. The number of aromatic nitrogens is 2. The van der Waals surface area contributed by atoms with Gasteiger partial charge in [-0.15, -0.1) is 0 Å². The van der Waals surface area contributed by atoms with Gasteiger partial charge in [-0.3, -0.25) is 9.52 Å². The highest BCUT2D eigenvalue weighted by atomic mass is 32.2. The summed E-state index contributed by atoms with van der Waals surface area (Å²) in [5.74, 6) is 1.18. The molecule has 6 nitrogen and oxygen atoms in total. The maximum absolute atomic E-state index is 12.0. The van der Waals surface area contributed by atoms with Crippen LogP contribution in [0.3, 0.4) is 0 Å². The molecule has 29 heavy (non-hydrogen) atoms. The van der Waals surface area contributed by atoms with E-state index in [2.05, 4.69) is 9.82 Å². The first-order valence-electron chi connectivity index (χ1n) is 8.93. The molecule has 1 N–H and O–H groups in total. The molecule has 2 heterocycles. The molecule has 0 radical (unpaired) electrons. The second-order valence-electron chi connectivity index (χ2n) is 6.49. The van der Waals surface area contributed by atoms with E-state index < -0.39 is 11.0 Å². The summed E-state index contributed by atoms with van der Waals surface area (Å²) in [5.41, 5.74) is 2.86. The summed E-state index contributed by atoms with van der Waals surface area (Å²) in [7, 11) is -1.59. The van der Waals surface area contributed by atoms with Gasteiger partial charge in [-0.25, -0.2) is 8.89 Å². The Bertz CT molecular complexity index is 1280. The third kappa shape index (κ3) is 3.32. The highest BCUT2D eigenvalue weighted by Crippen LogP contribution is 2.29. The number of carbonyl (C=O) groups excluding carboxylic acids is 1. The van der Waals surface area contributed by atoms with Crippen LogP contribution in [-0.4, -0.2) is 19.9 Å². The first-order valence-corrected chi connectivity index (χ1v) is 10.1. The molecular weight excluding hydrogens is 386 g/mol. The molecule has 1 aliphatic rings. The standard InChI is InChI=1S/C22H15N3O3S/c26-21-13-22(29(27)24-21)25-20-11-8-16(12-17(20)14-23-25)15-6-9-19(10-7-15)28-18-4-2-1-3-5-18/h1-14H,(H,24,26). The van der Waals surface area contributed by atoms with Gasteiger partial charge >= 0.3 is 0 Å². The summed E-state index contributed by atoms with van der Waals surface area (Å²) in [6.07, 6.45) is 3.01. The SMILES string of the molecule is O=C1C=C(n2ncc3cc(-c4ccc(Oc5ccccc5)cc4)ccc32)S(=O)N1. The van der Waals surface area contributed by atoms with Gasteiger partial charge in [0.2, 0.25) is 0 Å². The molecule has 142 valence electrons. The molecule has 7 heteroatoms. The lowest BCUT2D eigenvalue weighted by Crippen LogP contribution is -2.17. The first-order chi connectivity index (χ1) is 14.2. The smallest absolute Gasteiger partial charge is 0.258 e. The Labute approximate surface area is 169 Å². The van der Waals surface area contributed by atoms with E-state index in [1.54, 1.807) is 6.20 Å². The number of amides is 1. The predicted molar refractivity (Wildman–Crippen MR) is 112 cm³/mol. The minimum absolute atomic E-state index is 0.333. The number of nitrogens with one attached hydrogen (secondary N) is 1. The lowest BCUT2D eigenvalue weighted by molar-refractivity contribution is -0.114. The van der Waals surface area contributed by atoms with Gasteiger partial charge in [0.15, 0.2) is 16.0 Å². The fourth-order valence-corrected chi connectivity index (χ4v) is 4.07. The largest absolute Gasteiger partial charge is 0.457 e. The first kappa shape index (κ1) is 17.4. The van der Waals surface area contributed by atoms with Crippen molar-refractivity contribution < 1.29 is 13.7 Å². The van der Waals surface area contributed by atoms with Crippen molar-refractivity contribution in [3.63, 3.8) is 0 Å². The second-order valence-corrected chi connectivity index (χ2v) is 7.65. The Morgan fingerprint density at radius 3 is 2.34 bits per heavy atom. The number of para-hydroxylation sites is 1. The van der Waals surface area contributed by atoms with E-state index in [0.29, 0.717) is 5.03 Å². The molecular formula is C22H15N3O3S. The van der Waals surface area contributed by atoms with Gasteiger partial charge < -0.3 is 4.74 Å². The molecule has 0 aliphatic carbocycles. The van der Waals surface area contributed by atoms with Crippen LogP contribution in [0.5, 0.6) is 11.5 Å². The van der Waals surface area contributed by atoms with Crippen LogP contribution >= 0.6 is 0 Å². The molecule has 0 saturated carbocycles. The van der Waals surface area contributed by atoms with Crippen molar-refractivity contribution in [2.45, 2.75) is 0 Å². The van der Waals surface area contributed by atoms with Crippen molar-refractivity contribution in [2.24, 2.45) is 0 Å². The van der Waals surface area contributed by atoms with Crippen LogP contribution in [0.25, 0.3) is 27.1 Å². The lowest BCUT2D eigenvalue weighted by atomic mass is 10.0. The number of hydrogen-bond donors (Lipinski definition) is 1. The van der Waals surface area contributed by atoms with E-state index in [-0.39, 0.29) is 5.91 Å². The second kappa shape index (κ2) is 7.03. The van der Waals surface area contributed by atoms with Crippen LogP contribution in [0.1, 0.15) is 0 Å². The Hall–Kier alpha value is -3.71. The summed E-state index contributed by atoms with van der Waals surface area (Å²) in [6, 6.07) is 23.4. The Kier molecular flexibility index (Phi) is 4.22. The van der Waals surface area contributed by atoms with Gasteiger partial charge in [0.05, 0.1) is 11.7 Å². The number of ether oxygens (including phenoxy) is 1. The Balaban J connectivity index is 1.43. The van der Waals surface area contributed by atoms with Gasteiger partial charge in [0.1, 0.15) is 11.5 Å². The van der Waals surface area contributed by atoms with Crippen LogP contribution in [0.15, 0.2) is 85.1 Å². The average Bonchev–Trinajstić information content (AvgIpc) is 3.30. The van der Waals surface area contributed by atoms with Gasteiger partial charge in [0.25, 0.3) is 5.91 Å². The summed E-state index contributed by atoms with van der Waals surface area (Å²) in [5, 5.41) is 5.53. The zero-order chi connectivity index (χ0) is 19.8.